The third-order valence-electron chi connectivity index (χ3n) is 0.928. The van der Waals surface area contributed by atoms with Gasteiger partial charge in [0.1, 0.15) is 0 Å². The quantitative estimate of drug-likeness (QED) is 0.340. The predicted octanol–water partition coefficient (Wildman–Crippen LogP) is 2.09. The van der Waals surface area contributed by atoms with Gasteiger partial charge in [-0.15, -0.1) is 0 Å². The van der Waals surface area contributed by atoms with Crippen molar-refractivity contribution in [2.75, 3.05) is 13.9 Å². The van der Waals surface area contributed by atoms with Crippen LogP contribution in [0.5, 0.6) is 0 Å². The van der Waals surface area contributed by atoms with Gasteiger partial charge in [0, 0.05) is 7.11 Å². The molecule has 0 bridgehead atoms. The molecule has 0 aliphatic rings. The average molecular weight is 142 g/mol. The molecule has 0 radical (unpaired) electrons. The lowest BCUT2D eigenvalue weighted by Crippen LogP contribution is -1.92. The van der Waals surface area contributed by atoms with E-state index < -0.39 is 0 Å². The molecule has 2 heteroatoms. The van der Waals surface area contributed by atoms with Gasteiger partial charge in [-0.25, -0.2) is 0 Å². The van der Waals surface area contributed by atoms with Crippen LogP contribution < -0.4 is 0 Å². The average Bonchev–Trinajstić information content (AvgIpc) is 1.97. The zero-order valence-corrected chi connectivity index (χ0v) is 6.76. The molecule has 0 saturated heterocycles. The molecule has 0 aromatic carbocycles. The molecule has 0 aromatic rings. The van der Waals surface area contributed by atoms with E-state index in [1.165, 1.54) is 0 Å². The van der Waals surface area contributed by atoms with Crippen molar-refractivity contribution < 1.29 is 9.47 Å². The van der Waals surface area contributed by atoms with Crippen molar-refractivity contribution in [2.24, 2.45) is 0 Å². The Morgan fingerprint density at radius 3 is 2.70 bits per heavy atom. The first-order valence-corrected chi connectivity index (χ1v) is 3.22. The maximum absolute atomic E-state index is 5.08. The second-order valence-electron chi connectivity index (χ2n) is 1.85. The Kier molecular flexibility index (Phi) is 5.88. The van der Waals surface area contributed by atoms with Crippen LogP contribution in [0, 0.1) is 0 Å². The van der Waals surface area contributed by atoms with E-state index in [2.05, 4.69) is 0 Å². The summed E-state index contributed by atoms with van der Waals surface area (Å²) >= 11 is 0. The Morgan fingerprint density at radius 2 is 2.20 bits per heavy atom. The minimum atomic E-state index is 0.319. The van der Waals surface area contributed by atoms with E-state index in [0.717, 1.165) is 5.76 Å². The molecule has 0 spiro atoms. The molecule has 0 aliphatic carbocycles. The van der Waals surface area contributed by atoms with Gasteiger partial charge in [0.2, 0.25) is 0 Å². The molecule has 2 nitrogen and oxygen atoms in total. The van der Waals surface area contributed by atoms with E-state index in [4.69, 9.17) is 9.47 Å². The summed E-state index contributed by atoms with van der Waals surface area (Å²) in [6, 6.07) is 0. The van der Waals surface area contributed by atoms with Gasteiger partial charge in [0.05, 0.1) is 5.76 Å². The molecule has 0 unspecified atom stereocenters. The SMILES string of the molecule is CC=CC=C(C)OCOC. The molecular weight excluding hydrogens is 128 g/mol. The Morgan fingerprint density at radius 1 is 1.50 bits per heavy atom. The van der Waals surface area contributed by atoms with E-state index >= 15 is 0 Å². The first-order valence-electron chi connectivity index (χ1n) is 3.22. The summed E-state index contributed by atoms with van der Waals surface area (Å²) in [5.41, 5.74) is 0. The number of rotatable bonds is 4. The number of methoxy groups -OCH3 is 1. The van der Waals surface area contributed by atoms with Gasteiger partial charge < -0.3 is 9.47 Å². The van der Waals surface area contributed by atoms with Gasteiger partial charge in [-0.1, -0.05) is 12.2 Å². The molecule has 10 heavy (non-hydrogen) atoms. The fraction of sp³-hybridized carbons (Fsp3) is 0.500. The summed E-state index contributed by atoms with van der Waals surface area (Å²) < 4.78 is 9.79. The Hall–Kier alpha value is -0.760. The second kappa shape index (κ2) is 6.36. The molecule has 0 fully saturated rings. The van der Waals surface area contributed by atoms with E-state index in [1.54, 1.807) is 7.11 Å². The van der Waals surface area contributed by atoms with Gasteiger partial charge in [-0.05, 0) is 19.9 Å². The lowest BCUT2D eigenvalue weighted by molar-refractivity contribution is 0.00626. The smallest absolute Gasteiger partial charge is 0.188 e. The zero-order valence-electron chi connectivity index (χ0n) is 6.76. The van der Waals surface area contributed by atoms with Crippen molar-refractivity contribution in [3.63, 3.8) is 0 Å². The lowest BCUT2D eigenvalue weighted by Gasteiger charge is -2.01. The Bertz CT molecular complexity index is 125. The van der Waals surface area contributed by atoms with Crippen molar-refractivity contribution in [3.8, 4) is 0 Å². The van der Waals surface area contributed by atoms with Gasteiger partial charge in [0.25, 0.3) is 0 Å². The van der Waals surface area contributed by atoms with Crippen LogP contribution >= 0.6 is 0 Å². The molecule has 58 valence electrons. The van der Waals surface area contributed by atoms with Crippen molar-refractivity contribution in [1.82, 2.24) is 0 Å². The van der Waals surface area contributed by atoms with Crippen LogP contribution in [0.1, 0.15) is 13.8 Å². The molecule has 0 N–H and O–H groups in total. The van der Waals surface area contributed by atoms with Crippen molar-refractivity contribution >= 4 is 0 Å². The third-order valence-corrected chi connectivity index (χ3v) is 0.928. The summed E-state index contributed by atoms with van der Waals surface area (Å²) in [7, 11) is 1.60. The first-order chi connectivity index (χ1) is 4.81. The first kappa shape index (κ1) is 9.24. The molecule has 0 amide bonds. The van der Waals surface area contributed by atoms with Gasteiger partial charge in [-0.2, -0.15) is 0 Å². The van der Waals surface area contributed by atoms with Crippen LogP contribution in [0.3, 0.4) is 0 Å². The highest BCUT2D eigenvalue weighted by molar-refractivity contribution is 5.04. The minimum Gasteiger partial charge on any atom is -0.472 e. The largest absolute Gasteiger partial charge is 0.472 e. The number of allylic oxidation sites excluding steroid dienone is 4. The molecule has 0 saturated carbocycles. The Labute approximate surface area is 62.1 Å². The maximum Gasteiger partial charge on any atom is 0.188 e. The van der Waals surface area contributed by atoms with Crippen molar-refractivity contribution in [1.29, 1.82) is 0 Å². The van der Waals surface area contributed by atoms with Crippen LogP contribution in [-0.2, 0) is 9.47 Å². The molecule has 0 rings (SSSR count). The van der Waals surface area contributed by atoms with E-state index in [1.807, 2.05) is 32.1 Å². The minimum absolute atomic E-state index is 0.319. The summed E-state index contributed by atoms with van der Waals surface area (Å²) in [5, 5.41) is 0. The maximum atomic E-state index is 5.08. The number of hydrogen-bond acceptors (Lipinski definition) is 2. The van der Waals surface area contributed by atoms with Gasteiger partial charge >= 0.3 is 0 Å². The number of ether oxygens (including phenoxy) is 2. The van der Waals surface area contributed by atoms with E-state index in [9.17, 15) is 0 Å². The monoisotopic (exact) mass is 142 g/mol. The lowest BCUT2D eigenvalue weighted by atomic mass is 10.4. The third kappa shape index (κ3) is 5.38. The number of hydrogen-bond donors (Lipinski definition) is 0. The predicted molar refractivity (Wildman–Crippen MR) is 41.5 cm³/mol. The fourth-order valence-electron chi connectivity index (χ4n) is 0.432. The molecule has 0 aliphatic heterocycles. The topological polar surface area (TPSA) is 18.5 Å². The Balaban J connectivity index is 3.49. The summed E-state index contributed by atoms with van der Waals surface area (Å²) in [6.07, 6.45) is 5.75. The standard InChI is InChI=1S/C8H14O2/c1-4-5-6-8(2)10-7-9-3/h4-6H,7H2,1-3H3. The van der Waals surface area contributed by atoms with Crippen LogP contribution in [0.2, 0.25) is 0 Å². The highest BCUT2D eigenvalue weighted by atomic mass is 16.7. The molecule has 0 aromatic heterocycles. The van der Waals surface area contributed by atoms with Crippen LogP contribution in [0.4, 0.5) is 0 Å². The van der Waals surface area contributed by atoms with Gasteiger partial charge in [0.15, 0.2) is 6.79 Å². The normalized spacial score (nSPS) is 12.5. The second-order valence-corrected chi connectivity index (χ2v) is 1.85. The van der Waals surface area contributed by atoms with Gasteiger partial charge in [-0.3, -0.25) is 0 Å². The summed E-state index contributed by atoms with van der Waals surface area (Å²) in [5.74, 6) is 0.861. The van der Waals surface area contributed by atoms with Crippen LogP contribution in [0.25, 0.3) is 0 Å². The highest BCUT2D eigenvalue weighted by Gasteiger charge is 1.83. The fourth-order valence-corrected chi connectivity index (χ4v) is 0.432. The van der Waals surface area contributed by atoms with Crippen molar-refractivity contribution in [2.45, 2.75) is 13.8 Å². The molecular formula is C8H14O2. The van der Waals surface area contributed by atoms with Crippen LogP contribution in [0.15, 0.2) is 24.0 Å². The molecule has 0 heterocycles. The molecule has 0 atom stereocenters. The van der Waals surface area contributed by atoms with Crippen LogP contribution in [-0.4, -0.2) is 13.9 Å². The van der Waals surface area contributed by atoms with E-state index in [0.29, 0.717) is 6.79 Å². The summed E-state index contributed by atoms with van der Waals surface area (Å²) in [4.78, 5) is 0. The van der Waals surface area contributed by atoms with Crippen molar-refractivity contribution in [3.05, 3.63) is 24.0 Å². The summed E-state index contributed by atoms with van der Waals surface area (Å²) in [6.45, 7) is 4.17. The van der Waals surface area contributed by atoms with E-state index in [-0.39, 0.29) is 0 Å². The highest BCUT2D eigenvalue weighted by Crippen LogP contribution is 1.94. The zero-order chi connectivity index (χ0) is 7.82.